The zero-order valence-electron chi connectivity index (χ0n) is 10.4. The summed E-state index contributed by atoms with van der Waals surface area (Å²) in [6, 6.07) is 0.265. The van der Waals surface area contributed by atoms with Gasteiger partial charge < -0.3 is 9.84 Å². The summed E-state index contributed by atoms with van der Waals surface area (Å²) in [4.78, 5) is 13.6. The predicted octanol–water partition coefficient (Wildman–Crippen LogP) is 0.302. The van der Waals surface area contributed by atoms with Crippen molar-refractivity contribution in [1.29, 1.82) is 0 Å². The molecular weight excluding hydrogens is 220 g/mol. The van der Waals surface area contributed by atoms with Crippen LogP contribution in [0.2, 0.25) is 0 Å². The fourth-order valence-corrected chi connectivity index (χ4v) is 3.06. The van der Waals surface area contributed by atoms with E-state index >= 15 is 0 Å². The highest BCUT2D eigenvalue weighted by Gasteiger charge is 2.37. The normalized spacial score (nSPS) is 31.1. The molecule has 0 saturated carbocycles. The number of hydrogen-bond acceptors (Lipinski definition) is 4. The van der Waals surface area contributed by atoms with E-state index in [-0.39, 0.29) is 6.61 Å². The minimum absolute atomic E-state index is 0.235. The summed E-state index contributed by atoms with van der Waals surface area (Å²) in [5.74, 6) is -0.818. The van der Waals surface area contributed by atoms with Crippen molar-refractivity contribution < 1.29 is 14.6 Å². The second kappa shape index (κ2) is 5.80. The molecule has 2 saturated heterocycles. The second-order valence-corrected chi connectivity index (χ2v) is 5.01. The summed E-state index contributed by atoms with van der Waals surface area (Å²) in [5.41, 5.74) is 0. The number of aliphatic carboxylic acids is 1. The molecule has 2 N–H and O–H groups in total. The van der Waals surface area contributed by atoms with Crippen molar-refractivity contribution in [1.82, 2.24) is 10.2 Å². The van der Waals surface area contributed by atoms with Crippen LogP contribution in [0.4, 0.5) is 0 Å². The van der Waals surface area contributed by atoms with Crippen LogP contribution in [-0.2, 0) is 9.53 Å². The maximum Gasteiger partial charge on any atom is 0.323 e. The van der Waals surface area contributed by atoms with Crippen molar-refractivity contribution in [3.8, 4) is 0 Å². The quantitative estimate of drug-likeness (QED) is 0.726. The molecule has 5 heteroatoms. The minimum Gasteiger partial charge on any atom is -0.480 e. The van der Waals surface area contributed by atoms with Crippen LogP contribution in [0.1, 0.15) is 25.7 Å². The van der Waals surface area contributed by atoms with Gasteiger partial charge >= 0.3 is 5.97 Å². The van der Waals surface area contributed by atoms with Crippen LogP contribution in [0.15, 0.2) is 0 Å². The number of ether oxygens (including phenoxy) is 1. The van der Waals surface area contributed by atoms with E-state index in [0.717, 1.165) is 13.0 Å². The molecule has 0 radical (unpaired) electrons. The van der Waals surface area contributed by atoms with Gasteiger partial charge in [0.1, 0.15) is 6.04 Å². The first-order chi connectivity index (χ1) is 8.22. The molecule has 0 aromatic heterocycles. The van der Waals surface area contributed by atoms with Gasteiger partial charge in [0, 0.05) is 25.7 Å². The van der Waals surface area contributed by atoms with E-state index in [9.17, 15) is 4.79 Å². The first kappa shape index (κ1) is 12.8. The SMILES string of the molecule is COCC(NC1CCN2CCCCC12)C(=O)O. The van der Waals surface area contributed by atoms with Crippen molar-refractivity contribution in [3.63, 3.8) is 0 Å². The molecule has 2 heterocycles. The summed E-state index contributed by atoms with van der Waals surface area (Å²) >= 11 is 0. The lowest BCUT2D eigenvalue weighted by atomic mass is 9.98. The molecule has 0 aromatic rings. The highest BCUT2D eigenvalue weighted by molar-refractivity contribution is 5.73. The van der Waals surface area contributed by atoms with Gasteiger partial charge in [-0.3, -0.25) is 15.0 Å². The summed E-state index contributed by atoms with van der Waals surface area (Å²) in [6.45, 7) is 2.51. The second-order valence-electron chi connectivity index (χ2n) is 5.01. The number of rotatable bonds is 5. The van der Waals surface area contributed by atoms with E-state index in [1.165, 1.54) is 25.8 Å². The molecule has 17 heavy (non-hydrogen) atoms. The first-order valence-electron chi connectivity index (χ1n) is 6.44. The Balaban J connectivity index is 1.91. The number of carbonyl (C=O) groups is 1. The Hall–Kier alpha value is -0.650. The number of carboxylic acids is 1. The van der Waals surface area contributed by atoms with Crippen molar-refractivity contribution in [2.24, 2.45) is 0 Å². The molecule has 0 aliphatic carbocycles. The van der Waals surface area contributed by atoms with Gasteiger partial charge in [0.15, 0.2) is 0 Å². The highest BCUT2D eigenvalue weighted by atomic mass is 16.5. The van der Waals surface area contributed by atoms with Gasteiger partial charge in [0.25, 0.3) is 0 Å². The Bertz CT molecular complexity index is 272. The molecule has 0 bridgehead atoms. The van der Waals surface area contributed by atoms with E-state index < -0.39 is 12.0 Å². The Labute approximate surface area is 102 Å². The molecule has 0 spiro atoms. The van der Waals surface area contributed by atoms with E-state index in [1.54, 1.807) is 7.11 Å². The average Bonchev–Trinajstić information content (AvgIpc) is 2.72. The van der Waals surface area contributed by atoms with Crippen LogP contribution >= 0.6 is 0 Å². The van der Waals surface area contributed by atoms with Gasteiger partial charge in [0.2, 0.25) is 0 Å². The van der Waals surface area contributed by atoms with Gasteiger partial charge in [-0.1, -0.05) is 6.42 Å². The van der Waals surface area contributed by atoms with Crippen molar-refractivity contribution in [2.45, 2.75) is 43.8 Å². The Morgan fingerprint density at radius 3 is 3.00 bits per heavy atom. The third-order valence-electron chi connectivity index (χ3n) is 3.90. The van der Waals surface area contributed by atoms with Gasteiger partial charge in [-0.05, 0) is 25.8 Å². The first-order valence-corrected chi connectivity index (χ1v) is 6.44. The van der Waals surface area contributed by atoms with Gasteiger partial charge in [0.05, 0.1) is 6.61 Å². The predicted molar refractivity (Wildman–Crippen MR) is 64.1 cm³/mol. The van der Waals surface area contributed by atoms with Crippen LogP contribution in [0, 0.1) is 0 Å². The average molecular weight is 242 g/mol. The number of hydrogen-bond donors (Lipinski definition) is 2. The molecule has 0 aromatic carbocycles. The molecular formula is C12H22N2O3. The van der Waals surface area contributed by atoms with E-state index in [0.29, 0.717) is 12.1 Å². The Kier molecular flexibility index (Phi) is 4.36. The van der Waals surface area contributed by atoms with Crippen LogP contribution in [0.25, 0.3) is 0 Å². The standard InChI is InChI=1S/C12H22N2O3/c1-17-8-10(12(15)16)13-9-5-7-14-6-3-2-4-11(9)14/h9-11,13H,2-8H2,1H3,(H,15,16). The fraction of sp³-hybridized carbons (Fsp3) is 0.917. The molecule has 2 aliphatic rings. The van der Waals surface area contributed by atoms with E-state index in [2.05, 4.69) is 10.2 Å². The van der Waals surface area contributed by atoms with Crippen molar-refractivity contribution in [3.05, 3.63) is 0 Å². The van der Waals surface area contributed by atoms with E-state index in [4.69, 9.17) is 9.84 Å². The summed E-state index contributed by atoms with van der Waals surface area (Å²) in [5, 5.41) is 12.4. The smallest absolute Gasteiger partial charge is 0.323 e. The molecule has 2 aliphatic heterocycles. The van der Waals surface area contributed by atoms with Crippen molar-refractivity contribution >= 4 is 5.97 Å². The monoisotopic (exact) mass is 242 g/mol. The van der Waals surface area contributed by atoms with Gasteiger partial charge in [-0.25, -0.2) is 0 Å². The van der Waals surface area contributed by atoms with Gasteiger partial charge in [-0.15, -0.1) is 0 Å². The number of nitrogens with zero attached hydrogens (tertiary/aromatic N) is 1. The lowest BCUT2D eigenvalue weighted by Gasteiger charge is -2.33. The number of carboxylic acid groups (broad SMARTS) is 1. The maximum atomic E-state index is 11.1. The van der Waals surface area contributed by atoms with E-state index in [1.807, 2.05) is 0 Å². The Morgan fingerprint density at radius 1 is 1.47 bits per heavy atom. The number of piperidine rings is 1. The number of methoxy groups -OCH3 is 1. The van der Waals surface area contributed by atoms with Crippen LogP contribution in [0.5, 0.6) is 0 Å². The molecule has 3 unspecified atom stereocenters. The Morgan fingerprint density at radius 2 is 2.29 bits per heavy atom. The van der Waals surface area contributed by atoms with Gasteiger partial charge in [-0.2, -0.15) is 0 Å². The third-order valence-corrected chi connectivity index (χ3v) is 3.90. The molecule has 98 valence electrons. The molecule has 3 atom stereocenters. The lowest BCUT2D eigenvalue weighted by Crippen LogP contribution is -2.52. The molecule has 2 rings (SSSR count). The molecule has 0 amide bonds. The van der Waals surface area contributed by atoms with Crippen LogP contribution in [0.3, 0.4) is 0 Å². The largest absolute Gasteiger partial charge is 0.480 e. The highest BCUT2D eigenvalue weighted by Crippen LogP contribution is 2.27. The summed E-state index contributed by atoms with van der Waals surface area (Å²) in [7, 11) is 1.54. The van der Waals surface area contributed by atoms with Crippen molar-refractivity contribution in [2.75, 3.05) is 26.8 Å². The third kappa shape index (κ3) is 2.97. The minimum atomic E-state index is -0.818. The molecule has 2 fully saturated rings. The lowest BCUT2D eigenvalue weighted by molar-refractivity contribution is -0.141. The zero-order chi connectivity index (χ0) is 12.3. The fourth-order valence-electron chi connectivity index (χ4n) is 3.06. The zero-order valence-corrected chi connectivity index (χ0v) is 10.4. The number of fused-ring (bicyclic) bond motifs is 1. The maximum absolute atomic E-state index is 11.1. The number of nitrogens with one attached hydrogen (secondary N) is 1. The van der Waals surface area contributed by atoms with Crippen LogP contribution in [-0.4, -0.2) is 60.9 Å². The topological polar surface area (TPSA) is 61.8 Å². The summed E-state index contributed by atoms with van der Waals surface area (Å²) in [6.07, 6.45) is 4.79. The summed E-state index contributed by atoms with van der Waals surface area (Å²) < 4.78 is 4.95. The molecule has 5 nitrogen and oxygen atoms in total. The van der Waals surface area contributed by atoms with Crippen LogP contribution < -0.4 is 5.32 Å².